The Morgan fingerprint density at radius 3 is 2.26 bits per heavy atom. The molecule has 0 spiro atoms. The van der Waals surface area contributed by atoms with Crippen LogP contribution in [0, 0.1) is 0 Å². The molecule has 1 atom stereocenters. The van der Waals surface area contributed by atoms with E-state index >= 15 is 0 Å². The van der Waals surface area contributed by atoms with Crippen LogP contribution in [0.15, 0.2) is 65.8 Å². The van der Waals surface area contributed by atoms with Crippen LogP contribution in [-0.4, -0.2) is 11.8 Å². The topological polar surface area (TPSA) is 50.7 Å². The van der Waals surface area contributed by atoms with Crippen molar-refractivity contribution < 1.29 is 9.53 Å². The molecule has 1 aliphatic rings. The molecule has 0 aliphatic carbocycles. The summed E-state index contributed by atoms with van der Waals surface area (Å²) in [5.74, 6) is 0.167. The monoisotopic (exact) mass is 252 g/mol. The van der Waals surface area contributed by atoms with Crippen LogP contribution in [-0.2, 0) is 9.53 Å². The van der Waals surface area contributed by atoms with Crippen molar-refractivity contribution in [1.29, 1.82) is 0 Å². The highest BCUT2D eigenvalue weighted by atomic mass is 16.5. The van der Waals surface area contributed by atoms with Gasteiger partial charge in [-0.05, 0) is 12.1 Å². The summed E-state index contributed by atoms with van der Waals surface area (Å²) in [7, 11) is 0. The third kappa shape index (κ3) is 2.33. The molecule has 0 unspecified atom stereocenters. The van der Waals surface area contributed by atoms with Gasteiger partial charge in [-0.1, -0.05) is 48.5 Å². The van der Waals surface area contributed by atoms with Crippen molar-refractivity contribution in [1.82, 2.24) is 5.43 Å². The molecule has 0 radical (unpaired) electrons. The minimum absolute atomic E-state index is 0.258. The molecular weight excluding hydrogens is 240 g/mol. The molecule has 0 bridgehead atoms. The van der Waals surface area contributed by atoms with E-state index in [1.165, 1.54) is 0 Å². The number of carbonyl (C=O) groups excluding carboxylic acids is 1. The second-order valence-corrected chi connectivity index (χ2v) is 4.17. The molecule has 1 aliphatic heterocycles. The molecule has 19 heavy (non-hydrogen) atoms. The molecule has 94 valence electrons. The summed E-state index contributed by atoms with van der Waals surface area (Å²) >= 11 is 0. The summed E-state index contributed by atoms with van der Waals surface area (Å²) in [6, 6.07) is 18.9. The van der Waals surface area contributed by atoms with Crippen molar-refractivity contribution in [3.8, 4) is 0 Å². The van der Waals surface area contributed by atoms with Gasteiger partial charge in [0.2, 0.25) is 12.0 Å². The highest BCUT2D eigenvalue weighted by Crippen LogP contribution is 2.22. The number of hydrogen-bond acceptors (Lipinski definition) is 3. The van der Waals surface area contributed by atoms with Gasteiger partial charge in [-0.15, -0.1) is 5.10 Å². The zero-order valence-corrected chi connectivity index (χ0v) is 10.1. The van der Waals surface area contributed by atoms with Gasteiger partial charge in [-0.25, -0.2) is 5.43 Å². The van der Waals surface area contributed by atoms with Gasteiger partial charge in [0.25, 0.3) is 5.91 Å². The van der Waals surface area contributed by atoms with Crippen molar-refractivity contribution in [2.45, 2.75) is 6.10 Å². The van der Waals surface area contributed by atoms with E-state index in [2.05, 4.69) is 10.5 Å². The van der Waals surface area contributed by atoms with Crippen LogP contribution in [0.5, 0.6) is 0 Å². The third-order valence-corrected chi connectivity index (χ3v) is 2.86. The maximum Gasteiger partial charge on any atom is 0.286 e. The molecule has 0 saturated carbocycles. The smallest absolute Gasteiger partial charge is 0.286 e. The summed E-state index contributed by atoms with van der Waals surface area (Å²) in [6.45, 7) is 0. The zero-order chi connectivity index (χ0) is 13.1. The predicted octanol–water partition coefficient (Wildman–Crippen LogP) is 2.24. The lowest BCUT2D eigenvalue weighted by molar-refractivity contribution is -0.130. The first-order valence-electron chi connectivity index (χ1n) is 5.99. The summed E-state index contributed by atoms with van der Waals surface area (Å²) in [6.07, 6.45) is -0.658. The maximum absolute atomic E-state index is 11.8. The molecule has 0 saturated heterocycles. The van der Waals surface area contributed by atoms with E-state index in [0.29, 0.717) is 5.90 Å². The molecule has 2 aromatic carbocycles. The van der Waals surface area contributed by atoms with Gasteiger partial charge in [0.1, 0.15) is 0 Å². The van der Waals surface area contributed by atoms with Crippen molar-refractivity contribution in [3.63, 3.8) is 0 Å². The number of ether oxygens (including phenoxy) is 1. The molecule has 0 fully saturated rings. The average Bonchev–Trinajstić information content (AvgIpc) is 2.49. The van der Waals surface area contributed by atoms with Crippen molar-refractivity contribution >= 4 is 11.8 Å². The Labute approximate surface area is 110 Å². The van der Waals surface area contributed by atoms with Crippen LogP contribution < -0.4 is 5.43 Å². The summed E-state index contributed by atoms with van der Waals surface area (Å²) in [5, 5.41) is 3.95. The lowest BCUT2D eigenvalue weighted by Crippen LogP contribution is -2.35. The van der Waals surface area contributed by atoms with Gasteiger partial charge in [-0.2, -0.15) is 0 Å². The first-order chi connectivity index (χ1) is 9.34. The Morgan fingerprint density at radius 1 is 0.947 bits per heavy atom. The highest BCUT2D eigenvalue weighted by Gasteiger charge is 2.28. The fourth-order valence-electron chi connectivity index (χ4n) is 1.92. The Balaban J connectivity index is 1.90. The van der Waals surface area contributed by atoms with Crippen molar-refractivity contribution in [2.75, 3.05) is 0 Å². The van der Waals surface area contributed by atoms with E-state index in [4.69, 9.17) is 4.74 Å². The quantitative estimate of drug-likeness (QED) is 0.891. The molecule has 4 nitrogen and oxygen atoms in total. The molecule has 4 heteroatoms. The largest absolute Gasteiger partial charge is 0.458 e. The lowest BCUT2D eigenvalue weighted by atomic mass is 10.1. The number of hydrogen-bond donors (Lipinski definition) is 1. The molecule has 2 aromatic rings. The number of hydrazone groups is 1. The molecule has 1 amide bonds. The molecular formula is C15H12N2O2. The maximum atomic E-state index is 11.8. The fourth-order valence-corrected chi connectivity index (χ4v) is 1.92. The Hall–Kier alpha value is -2.62. The van der Waals surface area contributed by atoms with Crippen LogP contribution in [0.3, 0.4) is 0 Å². The number of nitrogens with one attached hydrogen (secondary N) is 1. The SMILES string of the molecule is O=C1NN=C(c2ccccc2)O[C@@H]1c1ccccc1. The first-order valence-corrected chi connectivity index (χ1v) is 5.99. The van der Waals surface area contributed by atoms with Crippen LogP contribution in [0.25, 0.3) is 0 Å². The highest BCUT2D eigenvalue weighted by molar-refractivity contribution is 5.99. The van der Waals surface area contributed by atoms with E-state index in [9.17, 15) is 4.79 Å². The van der Waals surface area contributed by atoms with Gasteiger partial charge >= 0.3 is 0 Å². The first kappa shape index (κ1) is 11.5. The number of carbonyl (C=O) groups is 1. The number of nitrogens with zero attached hydrogens (tertiary/aromatic N) is 1. The minimum Gasteiger partial charge on any atom is -0.458 e. The van der Waals surface area contributed by atoms with Crippen LogP contribution >= 0.6 is 0 Å². The van der Waals surface area contributed by atoms with Gasteiger partial charge in [0.05, 0.1) is 0 Å². The second-order valence-electron chi connectivity index (χ2n) is 4.17. The van der Waals surface area contributed by atoms with E-state index in [1.807, 2.05) is 60.7 Å². The standard InChI is InChI=1S/C15H12N2O2/c18-14-13(11-7-3-1-4-8-11)19-15(17-16-14)12-9-5-2-6-10-12/h1-10,13H,(H,16,18)/t13-/m1/s1. The number of amides is 1. The van der Waals surface area contributed by atoms with Gasteiger partial charge in [-0.3, -0.25) is 4.79 Å². The molecule has 1 heterocycles. The number of benzene rings is 2. The Kier molecular flexibility index (Phi) is 2.98. The van der Waals surface area contributed by atoms with Gasteiger partial charge < -0.3 is 4.74 Å². The average molecular weight is 252 g/mol. The fraction of sp³-hybridized carbons (Fsp3) is 0.0667. The molecule has 0 aromatic heterocycles. The van der Waals surface area contributed by atoms with Crippen molar-refractivity contribution in [3.05, 3.63) is 71.8 Å². The van der Waals surface area contributed by atoms with Crippen molar-refractivity contribution in [2.24, 2.45) is 5.10 Å². The van der Waals surface area contributed by atoms with Gasteiger partial charge in [0, 0.05) is 11.1 Å². The number of rotatable bonds is 2. The van der Waals surface area contributed by atoms with Crippen LogP contribution in [0.1, 0.15) is 17.2 Å². The Morgan fingerprint density at radius 2 is 1.58 bits per heavy atom. The van der Waals surface area contributed by atoms with Gasteiger partial charge in [0.15, 0.2) is 0 Å². The van der Waals surface area contributed by atoms with Crippen LogP contribution in [0.2, 0.25) is 0 Å². The zero-order valence-electron chi connectivity index (χ0n) is 10.1. The molecule has 3 rings (SSSR count). The van der Waals surface area contributed by atoms with E-state index in [1.54, 1.807) is 0 Å². The van der Waals surface area contributed by atoms with E-state index in [0.717, 1.165) is 11.1 Å². The minimum atomic E-state index is -0.658. The van der Waals surface area contributed by atoms with E-state index < -0.39 is 6.10 Å². The Bertz CT molecular complexity index is 609. The summed E-state index contributed by atoms with van der Waals surface area (Å²) in [4.78, 5) is 11.8. The lowest BCUT2D eigenvalue weighted by Gasteiger charge is -2.23. The second kappa shape index (κ2) is 4.94. The summed E-state index contributed by atoms with van der Waals surface area (Å²) < 4.78 is 5.71. The predicted molar refractivity (Wildman–Crippen MR) is 71.4 cm³/mol. The normalized spacial score (nSPS) is 18.2. The van der Waals surface area contributed by atoms with Crippen LogP contribution in [0.4, 0.5) is 0 Å². The third-order valence-electron chi connectivity index (χ3n) is 2.86. The summed E-state index contributed by atoms with van der Waals surface area (Å²) in [5.41, 5.74) is 4.15. The van der Waals surface area contributed by atoms with E-state index in [-0.39, 0.29) is 5.91 Å². The molecule has 1 N–H and O–H groups in total.